The van der Waals surface area contributed by atoms with E-state index in [-0.39, 0.29) is 11.2 Å². The van der Waals surface area contributed by atoms with Crippen LogP contribution in [0.15, 0.2) is 48.7 Å². The summed E-state index contributed by atoms with van der Waals surface area (Å²) in [7, 11) is 0. The first-order valence-corrected chi connectivity index (χ1v) is 5.39. The van der Waals surface area contributed by atoms with Crippen LogP contribution < -0.4 is 5.49 Å². The Morgan fingerprint density at radius 2 is 1.78 bits per heavy atom. The van der Waals surface area contributed by atoms with Crippen molar-refractivity contribution in [3.8, 4) is 0 Å². The van der Waals surface area contributed by atoms with Gasteiger partial charge in [0.15, 0.2) is 0 Å². The van der Waals surface area contributed by atoms with E-state index in [1.807, 2.05) is 0 Å². The average molecular weight is 241 g/mol. The number of hydrogen-bond acceptors (Lipinski definition) is 4. The van der Waals surface area contributed by atoms with E-state index in [4.69, 9.17) is 5.41 Å². The summed E-state index contributed by atoms with van der Waals surface area (Å²) in [5.41, 5.74) is 1.46. The van der Waals surface area contributed by atoms with E-state index in [1.165, 1.54) is 12.3 Å². The highest BCUT2D eigenvalue weighted by molar-refractivity contribution is 5.42. The predicted molar refractivity (Wildman–Crippen MR) is 66.0 cm³/mol. The standard InChI is InChI=1S/C13H11N3O2/c14-13-11(6-3-4-8-15-13)9-10-5-1-2-7-12(10)16(17)18/h1-8,14H,9H2. The molecule has 2 rings (SSSR count). The zero-order valence-electron chi connectivity index (χ0n) is 9.54. The molecule has 0 atom stereocenters. The van der Waals surface area contributed by atoms with Crippen molar-refractivity contribution in [2.45, 2.75) is 6.42 Å². The molecule has 90 valence electrons. The Morgan fingerprint density at radius 3 is 2.56 bits per heavy atom. The first-order chi connectivity index (χ1) is 8.68. The van der Waals surface area contributed by atoms with Gasteiger partial charge in [-0.05, 0) is 6.07 Å². The van der Waals surface area contributed by atoms with Crippen LogP contribution in [0.4, 0.5) is 5.69 Å². The van der Waals surface area contributed by atoms with E-state index in [1.54, 1.807) is 36.4 Å². The molecule has 2 aromatic rings. The van der Waals surface area contributed by atoms with Crippen LogP contribution >= 0.6 is 0 Å². The summed E-state index contributed by atoms with van der Waals surface area (Å²) in [5.74, 6) is 0. The van der Waals surface area contributed by atoms with Gasteiger partial charge in [-0.3, -0.25) is 15.5 Å². The molecule has 1 heterocycles. The Balaban J connectivity index is 2.44. The summed E-state index contributed by atoms with van der Waals surface area (Å²) in [6.07, 6.45) is 1.86. The molecule has 5 heteroatoms. The molecule has 0 saturated heterocycles. The van der Waals surface area contributed by atoms with E-state index < -0.39 is 4.92 Å². The largest absolute Gasteiger partial charge is 0.283 e. The highest BCUT2D eigenvalue weighted by Gasteiger charge is 2.12. The van der Waals surface area contributed by atoms with Gasteiger partial charge in [0.25, 0.3) is 5.69 Å². The van der Waals surface area contributed by atoms with Crippen molar-refractivity contribution in [3.05, 3.63) is 75.4 Å². The fourth-order valence-corrected chi connectivity index (χ4v) is 1.69. The van der Waals surface area contributed by atoms with E-state index in [9.17, 15) is 10.1 Å². The number of aromatic nitrogens is 1. The van der Waals surface area contributed by atoms with Crippen LogP contribution in [-0.2, 0) is 6.42 Å². The highest BCUT2D eigenvalue weighted by Crippen LogP contribution is 2.19. The summed E-state index contributed by atoms with van der Waals surface area (Å²) >= 11 is 0. The molecule has 0 aliphatic carbocycles. The van der Waals surface area contributed by atoms with Gasteiger partial charge >= 0.3 is 0 Å². The summed E-state index contributed by atoms with van der Waals surface area (Å²) in [5, 5.41) is 18.6. The van der Waals surface area contributed by atoms with Gasteiger partial charge in [0, 0.05) is 29.8 Å². The van der Waals surface area contributed by atoms with Crippen LogP contribution in [0.3, 0.4) is 0 Å². The summed E-state index contributed by atoms with van der Waals surface area (Å²) in [6.45, 7) is 0. The quantitative estimate of drug-likeness (QED) is 0.659. The Hall–Kier alpha value is -2.56. The number of nitrogens with one attached hydrogen (secondary N) is 1. The molecule has 0 amide bonds. The SMILES string of the molecule is N=c1nccccc1Cc1ccccc1[N+](=O)[O-]. The number of benzene rings is 1. The lowest BCUT2D eigenvalue weighted by Crippen LogP contribution is -2.10. The Kier molecular flexibility index (Phi) is 3.43. The topological polar surface area (TPSA) is 79.9 Å². The molecule has 0 radical (unpaired) electrons. The molecule has 0 unspecified atom stereocenters. The van der Waals surface area contributed by atoms with Gasteiger partial charge in [0.1, 0.15) is 5.49 Å². The second kappa shape index (κ2) is 5.18. The molecule has 0 fully saturated rings. The van der Waals surface area contributed by atoms with Crippen molar-refractivity contribution in [3.63, 3.8) is 0 Å². The molecule has 1 N–H and O–H groups in total. The van der Waals surface area contributed by atoms with Crippen LogP contribution in [0, 0.1) is 15.5 Å². The van der Waals surface area contributed by atoms with Crippen LogP contribution in [0.2, 0.25) is 0 Å². The van der Waals surface area contributed by atoms with E-state index in [0.29, 0.717) is 17.5 Å². The van der Waals surface area contributed by atoms with Crippen molar-refractivity contribution in [2.24, 2.45) is 0 Å². The Bertz CT molecular complexity index is 641. The van der Waals surface area contributed by atoms with Crippen LogP contribution in [-0.4, -0.2) is 9.91 Å². The minimum Gasteiger partial charge on any atom is -0.283 e. The summed E-state index contributed by atoms with van der Waals surface area (Å²) < 4.78 is 0. The van der Waals surface area contributed by atoms with Crippen LogP contribution in [0.5, 0.6) is 0 Å². The normalized spacial score (nSPS) is 10.0. The monoisotopic (exact) mass is 241 g/mol. The third-order valence-corrected chi connectivity index (χ3v) is 2.57. The van der Waals surface area contributed by atoms with Crippen LogP contribution in [0.1, 0.15) is 11.1 Å². The molecule has 1 aromatic heterocycles. The lowest BCUT2D eigenvalue weighted by atomic mass is 10.1. The lowest BCUT2D eigenvalue weighted by Gasteiger charge is -2.01. The fraction of sp³-hybridized carbons (Fsp3) is 0.0769. The fourth-order valence-electron chi connectivity index (χ4n) is 1.69. The minimum absolute atomic E-state index is 0.0726. The number of nitro benzene ring substituents is 1. The number of nitro groups is 1. The average Bonchev–Trinajstić information content (AvgIpc) is 2.55. The zero-order valence-corrected chi connectivity index (χ0v) is 9.54. The molecule has 0 bridgehead atoms. The predicted octanol–water partition coefficient (Wildman–Crippen LogP) is 2.06. The van der Waals surface area contributed by atoms with Gasteiger partial charge in [-0.2, -0.15) is 0 Å². The number of nitrogens with zero attached hydrogens (tertiary/aromatic N) is 2. The molecule has 0 aliphatic heterocycles. The van der Waals surface area contributed by atoms with Gasteiger partial charge < -0.3 is 0 Å². The molecule has 0 saturated carbocycles. The first kappa shape index (κ1) is 11.9. The zero-order chi connectivity index (χ0) is 13.0. The van der Waals surface area contributed by atoms with Crippen molar-refractivity contribution in [1.29, 1.82) is 5.41 Å². The number of hydrogen-bond donors (Lipinski definition) is 1. The molecular formula is C13H11N3O2. The minimum atomic E-state index is -0.407. The van der Waals surface area contributed by atoms with Gasteiger partial charge in [0.05, 0.1) is 4.92 Å². The molecule has 5 nitrogen and oxygen atoms in total. The Morgan fingerprint density at radius 1 is 1.11 bits per heavy atom. The third-order valence-electron chi connectivity index (χ3n) is 2.57. The van der Waals surface area contributed by atoms with E-state index in [0.717, 1.165) is 0 Å². The Labute approximate surface area is 103 Å². The van der Waals surface area contributed by atoms with Gasteiger partial charge in [-0.1, -0.05) is 30.3 Å². The molecule has 18 heavy (non-hydrogen) atoms. The second-order valence-corrected chi connectivity index (χ2v) is 3.77. The second-order valence-electron chi connectivity index (χ2n) is 3.77. The van der Waals surface area contributed by atoms with Gasteiger partial charge in [-0.25, -0.2) is 4.98 Å². The summed E-state index contributed by atoms with van der Waals surface area (Å²) in [6, 6.07) is 11.8. The smallest absolute Gasteiger partial charge is 0.272 e. The van der Waals surface area contributed by atoms with Crippen molar-refractivity contribution in [2.75, 3.05) is 0 Å². The molecular weight excluding hydrogens is 230 g/mol. The van der Waals surface area contributed by atoms with Gasteiger partial charge in [0.2, 0.25) is 0 Å². The van der Waals surface area contributed by atoms with E-state index in [2.05, 4.69) is 4.98 Å². The van der Waals surface area contributed by atoms with Crippen LogP contribution in [0.25, 0.3) is 0 Å². The number of para-hydroxylation sites is 1. The first-order valence-electron chi connectivity index (χ1n) is 5.39. The maximum absolute atomic E-state index is 10.9. The van der Waals surface area contributed by atoms with E-state index >= 15 is 0 Å². The maximum atomic E-state index is 10.9. The molecule has 0 aliphatic rings. The van der Waals surface area contributed by atoms with Crippen molar-refractivity contribution < 1.29 is 4.92 Å². The van der Waals surface area contributed by atoms with Crippen molar-refractivity contribution in [1.82, 2.24) is 4.98 Å². The van der Waals surface area contributed by atoms with Gasteiger partial charge in [-0.15, -0.1) is 0 Å². The lowest BCUT2D eigenvalue weighted by molar-refractivity contribution is -0.385. The maximum Gasteiger partial charge on any atom is 0.272 e. The number of rotatable bonds is 3. The highest BCUT2D eigenvalue weighted by atomic mass is 16.6. The van der Waals surface area contributed by atoms with Crippen molar-refractivity contribution >= 4 is 5.69 Å². The summed E-state index contributed by atoms with van der Waals surface area (Å²) in [4.78, 5) is 14.4. The third kappa shape index (κ3) is 2.57. The molecule has 0 spiro atoms. The molecule has 1 aromatic carbocycles.